The highest BCUT2D eigenvalue weighted by Crippen LogP contribution is 2.28. The lowest BCUT2D eigenvalue weighted by Gasteiger charge is -2.27. The van der Waals surface area contributed by atoms with Crippen LogP contribution in [-0.4, -0.2) is 21.2 Å². The Labute approximate surface area is 170 Å². The van der Waals surface area contributed by atoms with Crippen molar-refractivity contribution in [3.05, 3.63) is 105 Å². The number of nitrogens with zero attached hydrogens (tertiary/aromatic N) is 5. The molecular formula is C19H16N6O5. The quantitative estimate of drug-likeness (QED) is 0.504. The summed E-state index contributed by atoms with van der Waals surface area (Å²) in [6.45, 7) is 0. The maximum absolute atomic E-state index is 10.9. The highest BCUT2D eigenvalue weighted by molar-refractivity contribution is 6.02. The fraction of sp³-hybridized carbons (Fsp3) is 0. The number of nitrogens with one attached hydrogen (secondary N) is 1. The van der Waals surface area contributed by atoms with E-state index in [1.54, 1.807) is 29.4 Å². The van der Waals surface area contributed by atoms with Crippen molar-refractivity contribution >= 4 is 28.6 Å². The maximum atomic E-state index is 10.9. The molecule has 11 heteroatoms. The molecule has 0 aliphatic carbocycles. The number of non-ortho nitro benzene ring substituents is 2. The molecule has 0 saturated carbocycles. The Hall–Kier alpha value is -4.51. The summed E-state index contributed by atoms with van der Waals surface area (Å²) in [7, 11) is 0. The van der Waals surface area contributed by atoms with Gasteiger partial charge in [-0.3, -0.25) is 25.7 Å². The van der Waals surface area contributed by atoms with Crippen molar-refractivity contribution in [2.45, 2.75) is 0 Å². The molecule has 0 fully saturated rings. The number of hydrogen-bond donors (Lipinski definition) is 1. The molecule has 3 aromatic rings. The Morgan fingerprint density at radius 1 is 0.733 bits per heavy atom. The molecule has 4 rings (SSSR count). The van der Waals surface area contributed by atoms with Crippen LogP contribution in [0.3, 0.4) is 0 Å². The second-order valence-electron chi connectivity index (χ2n) is 6.07. The summed E-state index contributed by atoms with van der Waals surface area (Å²) in [6.07, 6.45) is 0. The predicted octanol–water partition coefficient (Wildman–Crippen LogP) is 2.79. The number of amidine groups is 1. The Kier molecular flexibility index (Phi) is 5.56. The van der Waals surface area contributed by atoms with Gasteiger partial charge in [0.15, 0.2) is 5.84 Å². The van der Waals surface area contributed by atoms with Gasteiger partial charge in [0.2, 0.25) is 0 Å². The van der Waals surface area contributed by atoms with Crippen molar-refractivity contribution in [1.29, 1.82) is 0 Å². The van der Waals surface area contributed by atoms with E-state index in [-0.39, 0.29) is 16.9 Å². The topological polar surface area (TPSA) is 149 Å². The molecular weight excluding hydrogens is 392 g/mol. The Morgan fingerprint density at radius 3 is 1.73 bits per heavy atom. The minimum Gasteiger partial charge on any atom is -0.412 e. The molecule has 152 valence electrons. The van der Waals surface area contributed by atoms with Crippen molar-refractivity contribution in [2.24, 2.45) is 5.10 Å². The first kappa shape index (κ1) is 20.2. The van der Waals surface area contributed by atoms with Crippen LogP contribution in [-0.2, 0) is 0 Å². The van der Waals surface area contributed by atoms with Crippen molar-refractivity contribution in [1.82, 2.24) is 5.43 Å². The van der Waals surface area contributed by atoms with Gasteiger partial charge in [-0.15, -0.1) is 5.10 Å². The van der Waals surface area contributed by atoms with Gasteiger partial charge in [0.1, 0.15) is 0 Å². The van der Waals surface area contributed by atoms with E-state index < -0.39 is 9.85 Å². The monoisotopic (exact) mass is 408 g/mol. The summed E-state index contributed by atoms with van der Waals surface area (Å²) in [5.74, 6) is 0.558. The third kappa shape index (κ3) is 3.86. The number of hydrazine groups is 2. The summed E-state index contributed by atoms with van der Waals surface area (Å²) in [4.78, 5) is 20.9. The molecule has 0 spiro atoms. The molecule has 30 heavy (non-hydrogen) atoms. The Bertz CT molecular complexity index is 1090. The van der Waals surface area contributed by atoms with E-state index in [1.807, 2.05) is 30.3 Å². The van der Waals surface area contributed by atoms with E-state index in [4.69, 9.17) is 0 Å². The molecule has 0 saturated heterocycles. The van der Waals surface area contributed by atoms with Gasteiger partial charge in [0.25, 0.3) is 11.4 Å². The SMILES string of the molecule is O.O=[N+]([O-])c1ccc(N2N=C(c3ccccc3)NN2c2ccc([N+](=O)[O-])cc2)cc1. The standard InChI is InChI=1S/C19H14N6O4.H2O/c26-24(27)17-10-6-15(7-11-17)22-20-19(14-4-2-1-3-5-14)21-23(22)16-8-12-18(13-9-16)25(28)29;/h1-13H,(H,20,21);1H2. The Morgan fingerprint density at radius 2 is 1.23 bits per heavy atom. The number of nitro groups is 2. The average molecular weight is 408 g/mol. The first-order valence-corrected chi connectivity index (χ1v) is 8.53. The average Bonchev–Trinajstić information content (AvgIpc) is 3.20. The van der Waals surface area contributed by atoms with Gasteiger partial charge in [0, 0.05) is 29.8 Å². The van der Waals surface area contributed by atoms with Crippen LogP contribution >= 0.6 is 0 Å². The third-order valence-electron chi connectivity index (χ3n) is 4.24. The first-order valence-electron chi connectivity index (χ1n) is 8.53. The van der Waals surface area contributed by atoms with Gasteiger partial charge in [0.05, 0.1) is 21.2 Å². The molecule has 0 radical (unpaired) electrons. The van der Waals surface area contributed by atoms with E-state index in [1.165, 1.54) is 29.4 Å². The van der Waals surface area contributed by atoms with E-state index >= 15 is 0 Å². The highest BCUT2D eigenvalue weighted by Gasteiger charge is 2.27. The summed E-state index contributed by atoms with van der Waals surface area (Å²) >= 11 is 0. The second kappa shape index (κ2) is 8.24. The predicted molar refractivity (Wildman–Crippen MR) is 111 cm³/mol. The van der Waals surface area contributed by atoms with Gasteiger partial charge in [-0.1, -0.05) is 30.3 Å². The lowest BCUT2D eigenvalue weighted by molar-refractivity contribution is -0.385. The van der Waals surface area contributed by atoms with Crippen LogP contribution in [0.15, 0.2) is 84.0 Å². The fourth-order valence-electron chi connectivity index (χ4n) is 2.80. The van der Waals surface area contributed by atoms with Crippen LogP contribution in [0, 0.1) is 20.2 Å². The van der Waals surface area contributed by atoms with Gasteiger partial charge >= 0.3 is 0 Å². The van der Waals surface area contributed by atoms with Gasteiger partial charge in [-0.25, -0.2) is 0 Å². The molecule has 0 bridgehead atoms. The zero-order chi connectivity index (χ0) is 20.4. The van der Waals surface area contributed by atoms with Crippen LogP contribution in [0.2, 0.25) is 0 Å². The number of nitro benzene ring substituents is 2. The van der Waals surface area contributed by atoms with Crippen LogP contribution in [0.1, 0.15) is 5.56 Å². The van der Waals surface area contributed by atoms with E-state index in [0.717, 1.165) is 5.56 Å². The van der Waals surface area contributed by atoms with Gasteiger partial charge < -0.3 is 5.48 Å². The summed E-state index contributed by atoms with van der Waals surface area (Å²) in [6, 6.07) is 21.3. The van der Waals surface area contributed by atoms with E-state index in [0.29, 0.717) is 17.2 Å². The highest BCUT2D eigenvalue weighted by atomic mass is 16.6. The number of hydrogen-bond acceptors (Lipinski definition) is 8. The third-order valence-corrected chi connectivity index (χ3v) is 4.24. The molecule has 0 aromatic heterocycles. The largest absolute Gasteiger partial charge is 0.412 e. The lowest BCUT2D eigenvalue weighted by Crippen LogP contribution is -2.44. The van der Waals surface area contributed by atoms with E-state index in [2.05, 4.69) is 10.5 Å². The minimum atomic E-state index is -0.473. The normalized spacial score (nSPS) is 12.6. The second-order valence-corrected chi connectivity index (χ2v) is 6.07. The minimum absolute atomic E-state index is 0. The molecule has 1 aliphatic heterocycles. The molecule has 0 atom stereocenters. The number of hydrazone groups is 1. The van der Waals surface area contributed by atoms with Gasteiger partial charge in [-0.05, 0) is 24.3 Å². The molecule has 3 N–H and O–H groups in total. The van der Waals surface area contributed by atoms with Crippen molar-refractivity contribution < 1.29 is 15.3 Å². The first-order chi connectivity index (χ1) is 14.0. The van der Waals surface area contributed by atoms with Crippen LogP contribution < -0.4 is 15.7 Å². The molecule has 1 aliphatic rings. The molecule has 11 nitrogen and oxygen atoms in total. The summed E-state index contributed by atoms with van der Waals surface area (Å²) in [5, 5.41) is 29.6. The number of rotatable bonds is 5. The summed E-state index contributed by atoms with van der Waals surface area (Å²) in [5.41, 5.74) is 5.12. The molecule has 0 amide bonds. The fourth-order valence-corrected chi connectivity index (χ4v) is 2.80. The summed E-state index contributed by atoms with van der Waals surface area (Å²) < 4.78 is 0. The molecule has 3 aromatic carbocycles. The van der Waals surface area contributed by atoms with Crippen molar-refractivity contribution in [3.8, 4) is 0 Å². The van der Waals surface area contributed by atoms with E-state index in [9.17, 15) is 20.2 Å². The van der Waals surface area contributed by atoms with Crippen molar-refractivity contribution in [2.75, 3.05) is 10.2 Å². The van der Waals surface area contributed by atoms with Crippen molar-refractivity contribution in [3.63, 3.8) is 0 Å². The Balaban J connectivity index is 0.00000256. The van der Waals surface area contributed by atoms with Crippen LogP contribution in [0.5, 0.6) is 0 Å². The number of anilines is 2. The zero-order valence-corrected chi connectivity index (χ0v) is 15.4. The number of benzene rings is 3. The lowest BCUT2D eigenvalue weighted by atomic mass is 10.2. The molecule has 0 unspecified atom stereocenters. The maximum Gasteiger partial charge on any atom is 0.269 e. The van der Waals surface area contributed by atoms with Crippen LogP contribution in [0.25, 0.3) is 0 Å². The van der Waals surface area contributed by atoms with Crippen LogP contribution in [0.4, 0.5) is 22.7 Å². The molecule has 1 heterocycles. The zero-order valence-electron chi connectivity index (χ0n) is 15.4. The van der Waals surface area contributed by atoms with Gasteiger partial charge in [-0.2, -0.15) is 10.2 Å². The smallest absolute Gasteiger partial charge is 0.269 e.